The van der Waals surface area contributed by atoms with Crippen molar-refractivity contribution >= 4 is 23.4 Å². The summed E-state index contributed by atoms with van der Waals surface area (Å²) in [7, 11) is 1.58. The fraction of sp³-hybridized carbons (Fsp3) is 0.333. The number of nitrogens with zero attached hydrogens (tertiary/aromatic N) is 1. The molecule has 6 heteroatoms. The highest BCUT2D eigenvalue weighted by Crippen LogP contribution is 2.24. The summed E-state index contributed by atoms with van der Waals surface area (Å²) in [4.78, 5) is 10.4. The number of benzene rings is 1. The number of carbonyl (C=O) groups is 1. The van der Waals surface area contributed by atoms with E-state index >= 15 is 0 Å². The molecule has 0 amide bonds. The number of hydrazone groups is 1. The van der Waals surface area contributed by atoms with Crippen LogP contribution in [0.25, 0.3) is 0 Å². The minimum Gasteiger partial charge on any atom is -0.549 e. The fourth-order valence-electron chi connectivity index (χ4n) is 1.44. The minimum atomic E-state index is -1.07. The molecule has 1 aromatic rings. The van der Waals surface area contributed by atoms with Crippen molar-refractivity contribution in [1.82, 2.24) is 0 Å². The smallest absolute Gasteiger partial charge is 0.122 e. The standard InChI is InChI=1S/C12H16N2O3S/c1-8(14-13)9-3-4-11(17-2)10(5-9)6-18-7-12(15)16/h3-5H,6-7,13H2,1-2H3,(H,15,16)/p-1/b14-8-. The highest BCUT2D eigenvalue weighted by atomic mass is 32.2. The first-order valence-electron chi connectivity index (χ1n) is 5.27. The third-order valence-electron chi connectivity index (χ3n) is 2.37. The van der Waals surface area contributed by atoms with Crippen LogP contribution in [0.2, 0.25) is 0 Å². The zero-order chi connectivity index (χ0) is 13.5. The van der Waals surface area contributed by atoms with Crippen LogP contribution in [-0.4, -0.2) is 24.5 Å². The minimum absolute atomic E-state index is 0.0443. The number of hydrogen-bond donors (Lipinski definition) is 1. The summed E-state index contributed by atoms with van der Waals surface area (Å²) in [6.45, 7) is 1.81. The highest BCUT2D eigenvalue weighted by Gasteiger charge is 2.06. The van der Waals surface area contributed by atoms with Gasteiger partial charge in [-0.05, 0) is 30.7 Å². The number of nitrogens with two attached hydrogens (primary N) is 1. The van der Waals surface area contributed by atoms with Gasteiger partial charge in [-0.3, -0.25) is 0 Å². The maximum atomic E-state index is 10.4. The average Bonchev–Trinajstić information content (AvgIpc) is 2.37. The van der Waals surface area contributed by atoms with E-state index in [1.165, 1.54) is 11.8 Å². The zero-order valence-electron chi connectivity index (χ0n) is 10.3. The van der Waals surface area contributed by atoms with Gasteiger partial charge in [0.15, 0.2) is 0 Å². The summed E-state index contributed by atoms with van der Waals surface area (Å²) in [6, 6.07) is 5.57. The predicted octanol–water partition coefficient (Wildman–Crippen LogP) is 0.361. The Bertz CT molecular complexity index is 461. The molecule has 1 rings (SSSR count). The molecule has 1 aromatic carbocycles. The molecule has 0 spiro atoms. The van der Waals surface area contributed by atoms with Crippen molar-refractivity contribution in [2.75, 3.05) is 12.9 Å². The topological polar surface area (TPSA) is 87.7 Å². The summed E-state index contributed by atoms with van der Waals surface area (Å²) < 4.78 is 5.22. The van der Waals surface area contributed by atoms with Crippen LogP contribution in [0, 0.1) is 0 Å². The Morgan fingerprint density at radius 2 is 2.28 bits per heavy atom. The second-order valence-corrected chi connectivity index (χ2v) is 4.59. The molecule has 98 valence electrons. The number of carbonyl (C=O) groups excluding carboxylic acids is 1. The Hall–Kier alpha value is -1.69. The maximum absolute atomic E-state index is 10.4. The van der Waals surface area contributed by atoms with Gasteiger partial charge in [0.05, 0.1) is 18.8 Å². The van der Waals surface area contributed by atoms with E-state index in [2.05, 4.69) is 5.10 Å². The first-order valence-corrected chi connectivity index (χ1v) is 6.43. The van der Waals surface area contributed by atoms with Crippen LogP contribution in [0.1, 0.15) is 18.1 Å². The second-order valence-electron chi connectivity index (χ2n) is 3.61. The zero-order valence-corrected chi connectivity index (χ0v) is 11.1. The normalized spacial score (nSPS) is 11.3. The van der Waals surface area contributed by atoms with Crippen molar-refractivity contribution in [3.63, 3.8) is 0 Å². The summed E-state index contributed by atoms with van der Waals surface area (Å²) >= 11 is 1.26. The number of carboxylic acid groups (broad SMARTS) is 1. The lowest BCUT2D eigenvalue weighted by molar-refractivity contribution is -0.301. The summed E-state index contributed by atoms with van der Waals surface area (Å²) in [5, 5.41) is 14.0. The van der Waals surface area contributed by atoms with Crippen molar-refractivity contribution in [3.05, 3.63) is 29.3 Å². The largest absolute Gasteiger partial charge is 0.549 e. The molecule has 0 bridgehead atoms. The van der Waals surface area contributed by atoms with Gasteiger partial charge in [-0.15, -0.1) is 0 Å². The third kappa shape index (κ3) is 3.96. The number of carboxylic acids is 1. The summed E-state index contributed by atoms with van der Waals surface area (Å²) in [5.41, 5.74) is 2.51. The second kappa shape index (κ2) is 6.90. The van der Waals surface area contributed by atoms with E-state index in [1.54, 1.807) is 14.0 Å². The predicted molar refractivity (Wildman–Crippen MR) is 70.6 cm³/mol. The van der Waals surface area contributed by atoms with E-state index in [0.717, 1.165) is 16.9 Å². The maximum Gasteiger partial charge on any atom is 0.122 e. The van der Waals surface area contributed by atoms with E-state index in [4.69, 9.17) is 10.6 Å². The Labute approximate surface area is 110 Å². The van der Waals surface area contributed by atoms with Gasteiger partial charge in [0.1, 0.15) is 5.75 Å². The van der Waals surface area contributed by atoms with E-state index in [-0.39, 0.29) is 5.75 Å². The molecule has 0 aromatic heterocycles. The summed E-state index contributed by atoms with van der Waals surface area (Å²) in [6.07, 6.45) is 0. The van der Waals surface area contributed by atoms with Gasteiger partial charge in [-0.1, -0.05) is 0 Å². The van der Waals surface area contributed by atoms with Crippen molar-refractivity contribution < 1.29 is 14.6 Å². The van der Waals surface area contributed by atoms with Gasteiger partial charge in [-0.25, -0.2) is 0 Å². The molecule has 0 aliphatic rings. The monoisotopic (exact) mass is 267 g/mol. The van der Waals surface area contributed by atoms with Crippen LogP contribution in [0.3, 0.4) is 0 Å². The Morgan fingerprint density at radius 3 is 2.83 bits per heavy atom. The summed E-state index contributed by atoms with van der Waals surface area (Å²) in [5.74, 6) is 5.36. The van der Waals surface area contributed by atoms with Crippen LogP contribution in [0.4, 0.5) is 0 Å². The quantitative estimate of drug-likeness (QED) is 0.457. The van der Waals surface area contributed by atoms with Crippen LogP contribution < -0.4 is 15.7 Å². The number of rotatable bonds is 6. The SMILES string of the molecule is COc1ccc(/C(C)=N\N)cc1CSCC(=O)[O-]. The molecule has 0 aliphatic carbocycles. The molecule has 0 fully saturated rings. The van der Waals surface area contributed by atoms with E-state index < -0.39 is 5.97 Å². The van der Waals surface area contributed by atoms with Crippen molar-refractivity contribution in [2.45, 2.75) is 12.7 Å². The van der Waals surface area contributed by atoms with Gasteiger partial charge in [0.25, 0.3) is 0 Å². The van der Waals surface area contributed by atoms with Gasteiger partial charge in [0.2, 0.25) is 0 Å². The fourth-order valence-corrected chi connectivity index (χ4v) is 2.15. The number of hydrogen-bond acceptors (Lipinski definition) is 6. The molecule has 0 saturated heterocycles. The first-order chi connectivity index (χ1) is 8.58. The number of methoxy groups -OCH3 is 1. The molecule has 0 atom stereocenters. The molecule has 0 saturated carbocycles. The van der Waals surface area contributed by atoms with Crippen LogP contribution in [-0.2, 0) is 10.5 Å². The van der Waals surface area contributed by atoms with Crippen LogP contribution >= 0.6 is 11.8 Å². The van der Waals surface area contributed by atoms with Gasteiger partial charge >= 0.3 is 0 Å². The number of thioether (sulfide) groups is 1. The van der Waals surface area contributed by atoms with E-state index in [9.17, 15) is 9.90 Å². The number of ether oxygens (including phenoxy) is 1. The number of aliphatic carboxylic acids is 1. The lowest BCUT2D eigenvalue weighted by Gasteiger charge is -2.10. The van der Waals surface area contributed by atoms with E-state index in [0.29, 0.717) is 11.5 Å². The average molecular weight is 267 g/mol. The molecule has 0 heterocycles. The molecule has 0 radical (unpaired) electrons. The Balaban J connectivity index is 2.88. The van der Waals surface area contributed by atoms with Crippen LogP contribution in [0.5, 0.6) is 5.75 Å². The van der Waals surface area contributed by atoms with E-state index in [1.807, 2.05) is 18.2 Å². The first kappa shape index (κ1) is 14.4. The highest BCUT2D eigenvalue weighted by molar-refractivity contribution is 7.99. The molecular formula is C12H15N2O3S-. The lowest BCUT2D eigenvalue weighted by Crippen LogP contribution is -2.24. The molecule has 0 unspecified atom stereocenters. The molecule has 2 N–H and O–H groups in total. The molecule has 5 nitrogen and oxygen atoms in total. The molecule has 18 heavy (non-hydrogen) atoms. The molecule has 0 aliphatic heterocycles. The van der Waals surface area contributed by atoms with Crippen molar-refractivity contribution in [3.8, 4) is 5.75 Å². The van der Waals surface area contributed by atoms with Gasteiger partial charge < -0.3 is 20.5 Å². The third-order valence-corrected chi connectivity index (χ3v) is 3.32. The van der Waals surface area contributed by atoms with Gasteiger partial charge in [-0.2, -0.15) is 16.9 Å². The van der Waals surface area contributed by atoms with Crippen molar-refractivity contribution in [2.24, 2.45) is 10.9 Å². The molecular weight excluding hydrogens is 252 g/mol. The van der Waals surface area contributed by atoms with Gasteiger partial charge in [0, 0.05) is 17.1 Å². The lowest BCUT2D eigenvalue weighted by atomic mass is 10.1. The van der Waals surface area contributed by atoms with Crippen molar-refractivity contribution in [1.29, 1.82) is 0 Å². The Morgan fingerprint density at radius 1 is 1.56 bits per heavy atom. The Kier molecular flexibility index (Phi) is 5.51. The van der Waals surface area contributed by atoms with Crippen LogP contribution in [0.15, 0.2) is 23.3 Å².